The molecule has 0 aromatic carbocycles. The fraction of sp³-hybridized carbons (Fsp3) is 1.00. The van der Waals surface area contributed by atoms with Gasteiger partial charge in [-0.15, -0.1) is 0 Å². The molecule has 0 aromatic rings. The summed E-state index contributed by atoms with van der Waals surface area (Å²) in [5.74, 6) is 0. The number of fused-ring (bicyclic) bond motifs is 10. The van der Waals surface area contributed by atoms with Crippen LogP contribution in [0.4, 0.5) is 0 Å². The summed E-state index contributed by atoms with van der Waals surface area (Å²) in [6.45, 7) is 28.0. The Morgan fingerprint density at radius 3 is 0.806 bits per heavy atom. The van der Waals surface area contributed by atoms with Gasteiger partial charge in [-0.3, -0.25) is 0 Å². The van der Waals surface area contributed by atoms with Crippen molar-refractivity contribution in [3.05, 3.63) is 0 Å². The molecular weight excluding hydrogens is 454 g/mol. The van der Waals surface area contributed by atoms with Crippen LogP contribution in [0.5, 0.6) is 0 Å². The van der Waals surface area contributed by atoms with E-state index in [4.69, 9.17) is 0 Å². The molecule has 0 aromatic heterocycles. The van der Waals surface area contributed by atoms with E-state index in [2.05, 4.69) is 102 Å². The normalized spacial score (nSPS) is 76.7. The number of rotatable bonds is 2. The van der Waals surface area contributed by atoms with Crippen LogP contribution in [0, 0.1) is 21.7 Å². The van der Waals surface area contributed by atoms with E-state index in [1.165, 1.54) is 38.5 Å². The van der Waals surface area contributed by atoms with E-state index in [1.54, 1.807) is 0 Å². The van der Waals surface area contributed by atoms with Gasteiger partial charge in [0, 0.05) is 0 Å². The summed E-state index contributed by atoms with van der Waals surface area (Å²) < 4.78 is 1.51. The van der Waals surface area contributed by atoms with Gasteiger partial charge in [0.15, 0.2) is 0 Å². The molecule has 178 valence electrons. The monoisotopic (exact) mass is 502 g/mol. The summed E-state index contributed by atoms with van der Waals surface area (Å²) in [5, 5.41) is 0.741. The first-order chi connectivity index (χ1) is 13.4. The zero-order valence-corrected chi connectivity index (χ0v) is 25.5. The Balaban J connectivity index is 1.44. The molecule has 1 spiro atoms. The van der Waals surface area contributed by atoms with Crippen molar-refractivity contribution in [3.63, 3.8) is 0 Å². The number of hydrogen-bond acceptors (Lipinski definition) is 0. The van der Waals surface area contributed by atoms with Gasteiger partial charge >= 0.3 is 187 Å². The van der Waals surface area contributed by atoms with Crippen LogP contribution in [-0.2, 0) is 6.51 Å². The second-order valence-electron chi connectivity index (χ2n) is 20.4. The third-order valence-corrected chi connectivity index (χ3v) is 68.7. The van der Waals surface area contributed by atoms with E-state index in [-0.39, 0.29) is 0 Å². The average Bonchev–Trinajstić information content (AvgIpc) is 3.48. The van der Waals surface area contributed by atoms with Crippen molar-refractivity contribution in [1.29, 1.82) is 0 Å². The molecule has 0 amide bonds. The van der Waals surface area contributed by atoms with Gasteiger partial charge in [-0.1, -0.05) is 0 Å². The Bertz CT molecular complexity index is 1300. The Morgan fingerprint density at radius 1 is 0.452 bits per heavy atom. The van der Waals surface area contributed by atoms with E-state index in [0.717, 1.165) is 8.63 Å². The third-order valence-electron chi connectivity index (χ3n) is 20.7. The Labute approximate surface area is 186 Å². The molecule has 10 saturated heterocycles. The summed E-state index contributed by atoms with van der Waals surface area (Å²) in [4.78, 5) is 10.5. The fourth-order valence-electron chi connectivity index (χ4n) is 23.3. The topological polar surface area (TPSA) is 0 Å². The van der Waals surface area contributed by atoms with Crippen LogP contribution >= 0.6 is 18.5 Å². The molecular formula is C28H48FeP2. The SMILES string of the molecule is CC(C)(C)C(P)(C(C)(C)C)[C]12[CH]3[CH]4[CH]5[C]1(C(P)(C(C)(C)C)C(C)(C)C)[Fe]43521678[CH]2[CH]1[CH]6[CH]7[CH]28. The summed E-state index contributed by atoms with van der Waals surface area (Å²) in [6.07, 6.45) is 0. The van der Waals surface area contributed by atoms with Gasteiger partial charge in [-0.2, -0.15) is 0 Å². The van der Waals surface area contributed by atoms with Gasteiger partial charge in [-0.05, 0) is 0 Å². The van der Waals surface area contributed by atoms with Crippen molar-refractivity contribution in [2.75, 3.05) is 0 Å². The van der Waals surface area contributed by atoms with Crippen LogP contribution in [0.1, 0.15) is 83.1 Å². The van der Waals surface area contributed by atoms with Crippen molar-refractivity contribution in [2.24, 2.45) is 21.7 Å². The molecule has 3 heteroatoms. The van der Waals surface area contributed by atoms with Crippen molar-refractivity contribution in [1.82, 2.24) is 0 Å². The van der Waals surface area contributed by atoms with Gasteiger partial charge in [0.2, 0.25) is 0 Å². The standard InChI is InChI=1S/C23H43P2.C5H5.Fe/c1-18(2,3)22(24,19(4,5)6)16-14-13-15-17(16)23(25,20(7,8)9)21(10,11)12;1-2-4-5-3-1;/h13-15H,24-25H2,1-12H3;1-5H;. The Hall–Kier alpha value is 1.38. The van der Waals surface area contributed by atoms with E-state index in [0.29, 0.717) is 32.0 Å². The molecule has 10 fully saturated rings. The van der Waals surface area contributed by atoms with Gasteiger partial charge in [0.05, 0.1) is 0 Å². The molecule has 0 aliphatic carbocycles. The molecule has 0 N–H and O–H groups in total. The van der Waals surface area contributed by atoms with Crippen LogP contribution in [0.25, 0.3) is 0 Å². The predicted molar refractivity (Wildman–Crippen MR) is 138 cm³/mol. The van der Waals surface area contributed by atoms with Crippen molar-refractivity contribution in [2.45, 2.75) is 141 Å². The molecule has 10 heterocycles. The molecule has 31 heavy (non-hydrogen) atoms. The Kier molecular flexibility index (Phi) is 1.24. The van der Waals surface area contributed by atoms with E-state index < -0.39 is 6.51 Å². The maximum absolute atomic E-state index is 3.77. The van der Waals surface area contributed by atoms with Crippen LogP contribution in [0.2, 0.25) is 47.2 Å². The number of hydrogen-bond donors (Lipinski definition) is 0. The summed E-state index contributed by atoms with van der Waals surface area (Å²) in [7, 11) is 7.54. The van der Waals surface area contributed by atoms with E-state index in [9.17, 15) is 0 Å². The van der Waals surface area contributed by atoms with Gasteiger partial charge in [-0.25, -0.2) is 0 Å². The van der Waals surface area contributed by atoms with E-state index in [1.807, 2.05) is 0 Å². The molecule has 0 bridgehead atoms. The molecule has 0 radical (unpaired) electrons. The van der Waals surface area contributed by atoms with Crippen molar-refractivity contribution in [3.8, 4) is 0 Å². The predicted octanol–water partition coefficient (Wildman–Crippen LogP) is 9.53. The second-order valence-corrected chi connectivity index (χ2v) is 45.3. The maximum atomic E-state index is 3.77. The molecule has 10 aliphatic rings. The first kappa shape index (κ1) is 18.6. The minimum atomic E-state index is -3.76. The summed E-state index contributed by atoms with van der Waals surface area (Å²) in [6, 6.07) is 0. The van der Waals surface area contributed by atoms with Crippen LogP contribution in [0.15, 0.2) is 0 Å². The Morgan fingerprint density at radius 2 is 0.677 bits per heavy atom. The van der Waals surface area contributed by atoms with Crippen LogP contribution in [0.3, 0.4) is 0 Å². The van der Waals surface area contributed by atoms with Crippen molar-refractivity contribution < 1.29 is 6.51 Å². The van der Waals surface area contributed by atoms with Gasteiger partial charge < -0.3 is 0 Å². The zero-order valence-electron chi connectivity index (χ0n) is 22.1. The molecule has 6 atom stereocenters. The second kappa shape index (κ2) is 2.07. The van der Waals surface area contributed by atoms with Gasteiger partial charge in [0.25, 0.3) is 0 Å². The zero-order chi connectivity index (χ0) is 22.9. The molecule has 0 nitrogen and oxygen atoms in total. The minimum absolute atomic E-state index is 0.335. The summed E-state index contributed by atoms with van der Waals surface area (Å²) >= 11 is 0. The van der Waals surface area contributed by atoms with E-state index >= 15 is 0 Å². The molecule has 10 aliphatic heterocycles. The summed E-state index contributed by atoms with van der Waals surface area (Å²) in [5.41, 5.74) is 1.34. The third kappa shape index (κ3) is 0.340. The fourth-order valence-corrected chi connectivity index (χ4v) is 108. The van der Waals surface area contributed by atoms with Crippen LogP contribution < -0.4 is 0 Å². The quantitative estimate of drug-likeness (QED) is 0.261. The van der Waals surface area contributed by atoms with Crippen molar-refractivity contribution >= 4 is 18.5 Å². The molecule has 6 unspecified atom stereocenters. The first-order valence-corrected chi connectivity index (χ1v) is 20.6. The van der Waals surface area contributed by atoms with Crippen LogP contribution in [-0.4, -0.2) is 10.3 Å². The average molecular weight is 502 g/mol. The van der Waals surface area contributed by atoms with Gasteiger partial charge in [0.1, 0.15) is 0 Å². The first-order valence-electron chi connectivity index (χ1n) is 13.2. The molecule has 0 saturated carbocycles. The molecule has 10 rings (SSSR count).